The summed E-state index contributed by atoms with van der Waals surface area (Å²) in [6, 6.07) is 0.945. The normalized spacial score (nSPS) is 15.0. The first-order chi connectivity index (χ1) is 23.9. The first-order valence-electron chi connectivity index (χ1n) is 19.3. The van der Waals surface area contributed by atoms with Gasteiger partial charge in [-0.1, -0.05) is 13.5 Å². The number of hydrogen-bond donors (Lipinski definition) is 0. The van der Waals surface area contributed by atoms with Gasteiger partial charge < -0.3 is 38.9 Å². The highest BCUT2D eigenvalue weighted by atomic mass is 28.5. The highest BCUT2D eigenvalue weighted by Crippen LogP contribution is 2.32. The van der Waals surface area contributed by atoms with Crippen molar-refractivity contribution in [1.82, 2.24) is 0 Å². The van der Waals surface area contributed by atoms with Crippen LogP contribution in [0.4, 0.5) is 0 Å². The average Bonchev–Trinajstić information content (AvgIpc) is 2.86. The third kappa shape index (κ3) is 23.8. The SMILES string of the molecule is C=C(C)C(=O)OC(CC)(CC(=O)OCCC[Si](O[Si](C)(C)C)(O[Si](C)(C)C)O[Si](C)(C)C)C(=O)OCCC[Si](O[Si](C)(C)C)(O[Si](C)(C)C)O[Si](C)(C)C. The van der Waals surface area contributed by atoms with Gasteiger partial charge in [0, 0.05) is 17.7 Å². The molecule has 0 fully saturated rings. The molecule has 0 aliphatic rings. The molecule has 0 saturated heterocycles. The smallest absolute Gasteiger partial charge is 0.466 e. The molecular weight excluding hydrogens is 825 g/mol. The van der Waals surface area contributed by atoms with E-state index >= 15 is 0 Å². The van der Waals surface area contributed by atoms with Gasteiger partial charge in [0.15, 0.2) is 49.9 Å². The predicted octanol–water partition coefficient (Wildman–Crippen LogP) is 9.50. The van der Waals surface area contributed by atoms with Crippen molar-refractivity contribution in [3.63, 3.8) is 0 Å². The second kappa shape index (κ2) is 20.6. The largest absolute Gasteiger partial charge is 0.469 e. The lowest BCUT2D eigenvalue weighted by Gasteiger charge is -2.43. The Kier molecular flexibility index (Phi) is 20.4. The van der Waals surface area contributed by atoms with E-state index in [1.165, 1.54) is 6.92 Å². The van der Waals surface area contributed by atoms with Crippen LogP contribution in [-0.4, -0.2) is 104 Å². The fourth-order valence-electron chi connectivity index (χ4n) is 5.33. The molecule has 0 rings (SSSR count). The fourth-order valence-corrected chi connectivity index (χ4v) is 34.6. The van der Waals surface area contributed by atoms with Crippen molar-refractivity contribution < 1.29 is 53.3 Å². The Bertz CT molecular complexity index is 1160. The molecule has 1 unspecified atom stereocenters. The summed E-state index contributed by atoms with van der Waals surface area (Å²) in [6.45, 7) is 44.9. The van der Waals surface area contributed by atoms with Gasteiger partial charge in [-0.05, 0) is 144 Å². The van der Waals surface area contributed by atoms with Crippen molar-refractivity contribution in [2.24, 2.45) is 0 Å². The Hall–Kier alpha value is -0.355. The standard InChI is InChI=1S/C34H78O12Si8/c1-22-34(40-32(36)30(2)3,33(37)39-26-24-28-54(44-50(13,14)15,45-51(16,17)18)46-52(19,20)21)29-31(35)38-25-23-27-53(41-47(4,5)6,42-48(7,8)9)43-49(10,11)12/h2,22-29H2,1,3-21H3. The average molecular weight is 904 g/mol. The van der Waals surface area contributed by atoms with Gasteiger partial charge in [-0.2, -0.15) is 0 Å². The molecule has 0 N–H and O–H groups in total. The van der Waals surface area contributed by atoms with Gasteiger partial charge >= 0.3 is 35.5 Å². The summed E-state index contributed by atoms with van der Waals surface area (Å²) in [4.78, 5) is 40.1. The van der Waals surface area contributed by atoms with Crippen LogP contribution in [0, 0.1) is 0 Å². The van der Waals surface area contributed by atoms with E-state index in [1.54, 1.807) is 6.92 Å². The van der Waals surface area contributed by atoms with Crippen molar-refractivity contribution in [3.05, 3.63) is 12.2 Å². The van der Waals surface area contributed by atoms with E-state index in [-0.39, 0.29) is 25.2 Å². The van der Waals surface area contributed by atoms with Gasteiger partial charge in [-0.15, -0.1) is 0 Å². The van der Waals surface area contributed by atoms with Crippen LogP contribution in [0.15, 0.2) is 12.2 Å². The van der Waals surface area contributed by atoms with Crippen LogP contribution in [-0.2, 0) is 53.3 Å². The summed E-state index contributed by atoms with van der Waals surface area (Å²) in [5.41, 5.74) is -1.81. The summed E-state index contributed by atoms with van der Waals surface area (Å²) in [5.74, 6) is -2.31. The molecule has 54 heavy (non-hydrogen) atoms. The number of ether oxygens (including phenoxy) is 3. The lowest BCUT2D eigenvalue weighted by atomic mass is 9.96. The van der Waals surface area contributed by atoms with Crippen LogP contribution in [0.1, 0.15) is 39.5 Å². The third-order valence-electron chi connectivity index (χ3n) is 6.53. The minimum Gasteiger partial charge on any atom is -0.466 e. The van der Waals surface area contributed by atoms with Gasteiger partial charge in [-0.25, -0.2) is 9.59 Å². The Morgan fingerprint density at radius 1 is 0.519 bits per heavy atom. The number of carbonyl (C=O) groups excluding carboxylic acids is 3. The van der Waals surface area contributed by atoms with Crippen LogP contribution < -0.4 is 0 Å². The Balaban J connectivity index is 6.13. The molecular formula is C34H78O12Si8. The zero-order chi connectivity index (χ0) is 42.8. The molecule has 0 aromatic carbocycles. The quantitative estimate of drug-likeness (QED) is 0.0269. The summed E-state index contributed by atoms with van der Waals surface area (Å²) in [7, 11) is -18.8. The zero-order valence-corrected chi connectivity index (χ0v) is 45.8. The van der Waals surface area contributed by atoms with Gasteiger partial charge in [0.1, 0.15) is 0 Å². The monoisotopic (exact) mass is 902 g/mol. The highest BCUT2D eigenvalue weighted by Gasteiger charge is 2.52. The maximum absolute atomic E-state index is 13.8. The Morgan fingerprint density at radius 2 is 0.815 bits per heavy atom. The van der Waals surface area contributed by atoms with E-state index in [1.807, 2.05) is 0 Å². The van der Waals surface area contributed by atoms with Crippen LogP contribution in [0.2, 0.25) is 130 Å². The molecule has 1 atom stereocenters. The number of esters is 3. The number of hydrogen-bond acceptors (Lipinski definition) is 12. The number of carbonyl (C=O) groups is 3. The van der Waals surface area contributed by atoms with E-state index in [2.05, 4.69) is 124 Å². The lowest BCUT2D eigenvalue weighted by molar-refractivity contribution is -0.186. The molecule has 0 amide bonds. The molecule has 0 aromatic rings. The zero-order valence-electron chi connectivity index (χ0n) is 37.8. The lowest BCUT2D eigenvalue weighted by Crippen LogP contribution is -2.60. The summed E-state index contributed by atoms with van der Waals surface area (Å²) >= 11 is 0. The maximum Gasteiger partial charge on any atom is 0.469 e. The van der Waals surface area contributed by atoms with Crippen molar-refractivity contribution in [1.29, 1.82) is 0 Å². The van der Waals surface area contributed by atoms with Crippen LogP contribution in [0.3, 0.4) is 0 Å². The Labute approximate surface area is 337 Å². The second-order valence-corrected chi connectivity index (χ2v) is 53.9. The van der Waals surface area contributed by atoms with E-state index in [0.29, 0.717) is 24.9 Å². The van der Waals surface area contributed by atoms with E-state index in [9.17, 15) is 14.4 Å². The van der Waals surface area contributed by atoms with E-state index in [4.69, 9.17) is 38.9 Å². The Morgan fingerprint density at radius 3 is 1.07 bits per heavy atom. The maximum atomic E-state index is 13.8. The molecule has 0 bridgehead atoms. The molecule has 12 nitrogen and oxygen atoms in total. The van der Waals surface area contributed by atoms with Crippen molar-refractivity contribution in [2.45, 2.75) is 175 Å². The summed E-state index contributed by atoms with van der Waals surface area (Å²) in [6.07, 6.45) is 0.320. The predicted molar refractivity (Wildman–Crippen MR) is 237 cm³/mol. The molecule has 20 heteroatoms. The summed E-state index contributed by atoms with van der Waals surface area (Å²) in [5, 5.41) is 0. The van der Waals surface area contributed by atoms with Crippen molar-refractivity contribution >= 4 is 85.4 Å². The molecule has 0 radical (unpaired) electrons. The van der Waals surface area contributed by atoms with Gasteiger partial charge in [-0.3, -0.25) is 4.79 Å². The first kappa shape index (κ1) is 53.6. The third-order valence-corrected chi connectivity index (χ3v) is 30.6. The van der Waals surface area contributed by atoms with Crippen LogP contribution >= 0.6 is 0 Å². The van der Waals surface area contributed by atoms with Gasteiger partial charge in [0.2, 0.25) is 5.60 Å². The molecule has 0 saturated carbocycles. The van der Waals surface area contributed by atoms with E-state index in [0.717, 1.165) is 0 Å². The minimum absolute atomic E-state index is 0.00778. The highest BCUT2D eigenvalue weighted by molar-refractivity contribution is 6.91. The molecule has 0 aliphatic heterocycles. The van der Waals surface area contributed by atoms with Gasteiger partial charge in [0.25, 0.3) is 0 Å². The molecule has 0 spiro atoms. The van der Waals surface area contributed by atoms with E-state index < -0.39 is 97.4 Å². The molecule has 318 valence electrons. The fraction of sp³-hybridized carbons (Fsp3) is 0.853. The topological polar surface area (TPSA) is 134 Å². The first-order valence-corrected chi connectivity index (χ1v) is 43.6. The van der Waals surface area contributed by atoms with Crippen molar-refractivity contribution in [2.75, 3.05) is 13.2 Å². The van der Waals surface area contributed by atoms with Crippen LogP contribution in [0.5, 0.6) is 0 Å². The summed E-state index contributed by atoms with van der Waals surface area (Å²) < 4.78 is 57.6. The second-order valence-electron chi connectivity index (χ2n) is 19.9. The number of rotatable bonds is 26. The molecule has 0 heterocycles. The molecule has 0 aromatic heterocycles. The van der Waals surface area contributed by atoms with Crippen LogP contribution in [0.25, 0.3) is 0 Å². The molecule has 0 aliphatic carbocycles. The minimum atomic E-state index is -3.16. The van der Waals surface area contributed by atoms with Crippen molar-refractivity contribution in [3.8, 4) is 0 Å². The van der Waals surface area contributed by atoms with Gasteiger partial charge in [0.05, 0.1) is 19.6 Å².